The lowest BCUT2D eigenvalue weighted by Gasteiger charge is -2.00. The van der Waals surface area contributed by atoms with Gasteiger partial charge in [-0.3, -0.25) is 10.1 Å². The van der Waals surface area contributed by atoms with Crippen molar-refractivity contribution in [1.82, 2.24) is 9.97 Å². The maximum absolute atomic E-state index is 12.6. The first-order valence-corrected chi connectivity index (χ1v) is 8.57. The molecule has 4 aromatic rings. The van der Waals surface area contributed by atoms with Crippen molar-refractivity contribution in [2.24, 2.45) is 0 Å². The number of nitrogens with zero attached hydrogens (tertiary/aromatic N) is 2. The molecule has 3 heterocycles. The van der Waals surface area contributed by atoms with E-state index in [4.69, 9.17) is 5.73 Å². The van der Waals surface area contributed by atoms with Crippen molar-refractivity contribution in [1.29, 1.82) is 0 Å². The number of nitrogen functional groups attached to an aromatic ring is 1. The molecular weight excluding hydrogens is 328 g/mol. The van der Waals surface area contributed by atoms with Gasteiger partial charge in [0.25, 0.3) is 5.91 Å². The van der Waals surface area contributed by atoms with Gasteiger partial charge in [-0.25, -0.2) is 9.97 Å². The zero-order valence-corrected chi connectivity index (χ0v) is 13.8. The van der Waals surface area contributed by atoms with Crippen LogP contribution < -0.4 is 11.1 Å². The normalized spacial score (nSPS) is 11.2. The number of benzene rings is 1. The van der Waals surface area contributed by atoms with Crippen LogP contribution in [0.1, 0.15) is 15.2 Å². The van der Waals surface area contributed by atoms with Gasteiger partial charge in [-0.2, -0.15) is 0 Å². The molecule has 0 aliphatic heterocycles. The van der Waals surface area contributed by atoms with Gasteiger partial charge in [0.1, 0.15) is 9.71 Å². The van der Waals surface area contributed by atoms with Crippen LogP contribution in [-0.4, -0.2) is 15.9 Å². The average molecular weight is 340 g/mol. The summed E-state index contributed by atoms with van der Waals surface area (Å²) in [6.45, 7) is 1.96. The smallest absolute Gasteiger partial charge is 0.269 e. The molecule has 0 radical (unpaired) electrons. The Morgan fingerprint density at radius 3 is 2.83 bits per heavy atom. The van der Waals surface area contributed by atoms with Crippen LogP contribution in [0, 0.1) is 6.92 Å². The summed E-state index contributed by atoms with van der Waals surface area (Å²) in [5.41, 5.74) is 8.53. The van der Waals surface area contributed by atoms with Crippen molar-refractivity contribution in [2.45, 2.75) is 6.92 Å². The number of hydrogen-bond acceptors (Lipinski definition) is 6. The van der Waals surface area contributed by atoms with Gasteiger partial charge in [0, 0.05) is 11.6 Å². The summed E-state index contributed by atoms with van der Waals surface area (Å²) in [5, 5.41) is 4.26. The van der Waals surface area contributed by atoms with E-state index in [1.54, 1.807) is 6.20 Å². The third kappa shape index (κ3) is 2.34. The molecule has 0 bridgehead atoms. The average Bonchev–Trinajstić information content (AvgIpc) is 3.08. The van der Waals surface area contributed by atoms with E-state index < -0.39 is 0 Å². The van der Waals surface area contributed by atoms with Crippen LogP contribution in [0.5, 0.6) is 0 Å². The number of carbonyl (C=O) groups is 1. The minimum absolute atomic E-state index is 0.246. The van der Waals surface area contributed by atoms with Crippen molar-refractivity contribution in [3.05, 3.63) is 47.0 Å². The minimum atomic E-state index is -0.246. The topological polar surface area (TPSA) is 80.9 Å². The number of para-hydroxylation sites is 1. The molecule has 114 valence electrons. The van der Waals surface area contributed by atoms with E-state index in [2.05, 4.69) is 15.3 Å². The van der Waals surface area contributed by atoms with Crippen LogP contribution in [-0.2, 0) is 0 Å². The van der Waals surface area contributed by atoms with E-state index in [0.717, 1.165) is 26.0 Å². The van der Waals surface area contributed by atoms with Gasteiger partial charge in [0.2, 0.25) is 0 Å². The highest BCUT2D eigenvalue weighted by atomic mass is 32.1. The van der Waals surface area contributed by atoms with Gasteiger partial charge in [-0.15, -0.1) is 11.3 Å². The van der Waals surface area contributed by atoms with Crippen molar-refractivity contribution in [3.8, 4) is 0 Å². The Bertz CT molecular complexity index is 1020. The molecule has 23 heavy (non-hydrogen) atoms. The summed E-state index contributed by atoms with van der Waals surface area (Å²) in [6, 6.07) is 9.66. The van der Waals surface area contributed by atoms with Crippen molar-refractivity contribution >= 4 is 59.8 Å². The predicted molar refractivity (Wildman–Crippen MR) is 96.3 cm³/mol. The SMILES string of the molecule is Cc1ccnc2sc(C(=O)Nc3nc4ccccc4s3)c(N)c12. The first-order chi connectivity index (χ1) is 11.1. The van der Waals surface area contributed by atoms with Crippen LogP contribution in [0.4, 0.5) is 10.8 Å². The fourth-order valence-corrected chi connectivity index (χ4v) is 4.35. The first-order valence-electron chi connectivity index (χ1n) is 6.94. The Hall–Kier alpha value is -2.51. The summed E-state index contributed by atoms with van der Waals surface area (Å²) >= 11 is 2.74. The lowest BCUT2D eigenvalue weighted by molar-refractivity contribution is 0.103. The molecule has 0 saturated carbocycles. The molecule has 3 aromatic heterocycles. The van der Waals surface area contributed by atoms with Gasteiger partial charge in [0.15, 0.2) is 5.13 Å². The number of nitrogens with one attached hydrogen (secondary N) is 1. The third-order valence-corrected chi connectivity index (χ3v) is 5.62. The number of rotatable bonds is 2. The van der Waals surface area contributed by atoms with Gasteiger partial charge in [-0.1, -0.05) is 23.5 Å². The van der Waals surface area contributed by atoms with Gasteiger partial charge in [-0.05, 0) is 30.7 Å². The van der Waals surface area contributed by atoms with Crippen LogP contribution >= 0.6 is 22.7 Å². The summed E-state index contributed by atoms with van der Waals surface area (Å²) in [7, 11) is 0. The Morgan fingerprint density at radius 2 is 2.04 bits per heavy atom. The number of fused-ring (bicyclic) bond motifs is 2. The number of thiazole rings is 1. The second-order valence-electron chi connectivity index (χ2n) is 5.09. The number of aryl methyl sites for hydroxylation is 1. The molecule has 0 fully saturated rings. The maximum Gasteiger partial charge on any atom is 0.269 e. The van der Waals surface area contributed by atoms with Crippen molar-refractivity contribution in [3.63, 3.8) is 0 Å². The van der Waals surface area contributed by atoms with Crippen LogP contribution in [0.15, 0.2) is 36.5 Å². The second kappa shape index (κ2) is 5.29. The minimum Gasteiger partial charge on any atom is -0.397 e. The molecule has 7 heteroatoms. The van der Waals surface area contributed by atoms with Crippen LogP contribution in [0.3, 0.4) is 0 Å². The lowest BCUT2D eigenvalue weighted by atomic mass is 10.2. The number of aromatic nitrogens is 2. The molecule has 0 aliphatic rings. The fraction of sp³-hybridized carbons (Fsp3) is 0.0625. The molecular formula is C16H12N4OS2. The van der Waals surface area contributed by atoms with E-state index >= 15 is 0 Å². The fourth-order valence-electron chi connectivity index (χ4n) is 2.45. The standard InChI is InChI=1S/C16H12N4OS2/c1-8-6-7-18-15-11(8)12(17)13(23-15)14(21)20-16-19-9-4-2-3-5-10(9)22-16/h2-7H,17H2,1H3,(H,19,20,21). The van der Waals surface area contributed by atoms with E-state index in [1.807, 2.05) is 37.3 Å². The van der Waals surface area contributed by atoms with E-state index in [1.165, 1.54) is 22.7 Å². The molecule has 4 rings (SSSR count). The summed E-state index contributed by atoms with van der Waals surface area (Å²) < 4.78 is 1.03. The highest BCUT2D eigenvalue weighted by Gasteiger charge is 2.19. The van der Waals surface area contributed by atoms with E-state index in [0.29, 0.717) is 15.7 Å². The lowest BCUT2D eigenvalue weighted by Crippen LogP contribution is -2.11. The zero-order chi connectivity index (χ0) is 16.0. The molecule has 0 atom stereocenters. The summed E-state index contributed by atoms with van der Waals surface area (Å²) in [4.78, 5) is 22.5. The Kier molecular flexibility index (Phi) is 3.24. The molecule has 0 unspecified atom stereocenters. The number of thiophene rings is 1. The molecule has 0 saturated heterocycles. The van der Waals surface area contributed by atoms with E-state index in [9.17, 15) is 4.79 Å². The quantitative estimate of drug-likeness (QED) is 0.577. The first kappa shape index (κ1) is 14.1. The van der Waals surface area contributed by atoms with Crippen molar-refractivity contribution < 1.29 is 4.79 Å². The third-order valence-electron chi connectivity index (χ3n) is 3.56. The summed E-state index contributed by atoms with van der Waals surface area (Å²) in [5.74, 6) is -0.246. The number of hydrogen-bond donors (Lipinski definition) is 2. The molecule has 0 aliphatic carbocycles. The van der Waals surface area contributed by atoms with Crippen LogP contribution in [0.2, 0.25) is 0 Å². The Labute approximate surface area is 139 Å². The van der Waals surface area contributed by atoms with Gasteiger partial charge in [0.05, 0.1) is 15.9 Å². The zero-order valence-electron chi connectivity index (χ0n) is 12.2. The number of anilines is 2. The van der Waals surface area contributed by atoms with Gasteiger partial charge < -0.3 is 5.73 Å². The molecule has 1 aromatic carbocycles. The predicted octanol–water partition coefficient (Wildman–Crippen LogP) is 4.05. The number of nitrogens with two attached hydrogens (primary N) is 1. The Balaban J connectivity index is 1.71. The largest absolute Gasteiger partial charge is 0.397 e. The van der Waals surface area contributed by atoms with Crippen molar-refractivity contribution in [2.75, 3.05) is 11.1 Å². The van der Waals surface area contributed by atoms with Crippen LogP contribution in [0.25, 0.3) is 20.4 Å². The van der Waals surface area contributed by atoms with Gasteiger partial charge >= 0.3 is 0 Å². The monoisotopic (exact) mass is 340 g/mol. The Morgan fingerprint density at radius 1 is 1.22 bits per heavy atom. The summed E-state index contributed by atoms with van der Waals surface area (Å²) in [6.07, 6.45) is 1.73. The number of pyridine rings is 1. The molecule has 1 amide bonds. The number of carbonyl (C=O) groups excluding carboxylic acids is 1. The van der Waals surface area contributed by atoms with E-state index in [-0.39, 0.29) is 5.91 Å². The molecule has 0 spiro atoms. The maximum atomic E-state index is 12.6. The molecule has 5 nitrogen and oxygen atoms in total. The highest BCUT2D eigenvalue weighted by molar-refractivity contribution is 7.23. The second-order valence-corrected chi connectivity index (χ2v) is 7.12. The number of amides is 1. The molecule has 3 N–H and O–H groups in total. The highest BCUT2D eigenvalue weighted by Crippen LogP contribution is 2.35.